The Hall–Kier alpha value is -0.640. The molecule has 0 aliphatic carbocycles. The Balaban J connectivity index is 3.05. The molecule has 1 aromatic heterocycles. The highest BCUT2D eigenvalue weighted by molar-refractivity contribution is 7.12. The van der Waals surface area contributed by atoms with Crippen LogP contribution in [0.25, 0.3) is 0 Å². The monoisotopic (exact) mass is 100.0 g/mol. The van der Waals surface area contributed by atoms with Crippen molar-refractivity contribution >= 4 is 16.5 Å². The van der Waals surface area contributed by atoms with Crippen LogP contribution < -0.4 is 5.73 Å². The van der Waals surface area contributed by atoms with Crippen LogP contribution in [-0.2, 0) is 0 Å². The van der Waals surface area contributed by atoms with Crippen LogP contribution in [0.3, 0.4) is 0 Å². The Bertz CT molecular complexity index is 112. The van der Waals surface area contributed by atoms with Gasteiger partial charge in [-0.3, -0.25) is 0 Å². The summed E-state index contributed by atoms with van der Waals surface area (Å²) in [5.41, 5.74) is 7.58. The van der Waals surface area contributed by atoms with E-state index < -0.39 is 0 Å². The Morgan fingerprint density at radius 1 is 1.83 bits per heavy atom. The van der Waals surface area contributed by atoms with E-state index in [1.54, 1.807) is 0 Å². The summed E-state index contributed by atoms with van der Waals surface area (Å²) in [6.07, 6.45) is 0. The van der Waals surface area contributed by atoms with E-state index in [2.05, 4.69) is 15.7 Å². The predicted octanol–water partition coefficient (Wildman–Crippen LogP) is -0.0795. The molecule has 0 spiro atoms. The quantitative estimate of drug-likeness (QED) is 0.496. The lowest BCUT2D eigenvalue weighted by atomic mass is 11.3. The molecule has 0 unspecified atom stereocenters. The highest BCUT2D eigenvalue weighted by atomic mass is 32.1. The Labute approximate surface area is 38.8 Å². The van der Waals surface area contributed by atoms with Crippen LogP contribution in [0.4, 0.5) is 5.13 Å². The van der Waals surface area contributed by atoms with Gasteiger partial charge in [-0.05, 0) is 0 Å². The first kappa shape index (κ1) is 3.55. The Morgan fingerprint density at radius 2 is 2.67 bits per heavy atom. The minimum Gasteiger partial charge on any atom is -0.374 e. The largest absolute Gasteiger partial charge is 0.374 e. The molecule has 0 saturated carbocycles. The molecular weight excluding hydrogens is 98.1 g/mol. The van der Waals surface area contributed by atoms with Crippen LogP contribution >= 0.6 is 11.3 Å². The Kier molecular flexibility index (Phi) is 0.719. The highest BCUT2D eigenvalue weighted by Crippen LogP contribution is 1.98. The molecule has 0 aliphatic rings. The van der Waals surface area contributed by atoms with Crippen molar-refractivity contribution in [2.75, 3.05) is 5.73 Å². The lowest BCUT2D eigenvalue weighted by molar-refractivity contribution is 1.09. The number of nitrogen functional groups attached to an aromatic ring is 1. The van der Waals surface area contributed by atoms with Crippen LogP contribution in [0.2, 0.25) is 0 Å². The average molecular weight is 100 g/mol. The van der Waals surface area contributed by atoms with Crippen LogP contribution in [-0.4, -0.2) is 10.2 Å². The Morgan fingerprint density at radius 3 is 2.83 bits per heavy atom. The van der Waals surface area contributed by atoms with Gasteiger partial charge in [-0.1, -0.05) is 11.3 Å². The molecule has 4 heteroatoms. The van der Waals surface area contributed by atoms with E-state index in [9.17, 15) is 0 Å². The number of hydrogen-bond acceptors (Lipinski definition) is 4. The fraction of sp³-hybridized carbons (Fsp3) is 0. The standard InChI is InChI=1S/C2H2N3S/c3-2-5-4-1-6-2/h(H2,3,5). The SMILES string of the molecule is Nc1nn[c]s1. The molecule has 2 N–H and O–H groups in total. The average Bonchev–Trinajstić information content (AvgIpc) is 1.86. The van der Waals surface area contributed by atoms with Gasteiger partial charge in [0.1, 0.15) is 0 Å². The second kappa shape index (κ2) is 1.22. The van der Waals surface area contributed by atoms with Crippen molar-refractivity contribution in [2.45, 2.75) is 0 Å². The highest BCUT2D eigenvalue weighted by Gasteiger charge is 1.80. The fourth-order valence-corrected chi connectivity index (χ4v) is 0.414. The summed E-state index contributed by atoms with van der Waals surface area (Å²) in [7, 11) is 0. The maximum atomic E-state index is 5.09. The van der Waals surface area contributed by atoms with E-state index in [0.717, 1.165) is 0 Å². The first-order valence-electron chi connectivity index (χ1n) is 1.34. The van der Waals surface area contributed by atoms with Gasteiger partial charge in [0.2, 0.25) is 5.13 Å². The van der Waals surface area contributed by atoms with E-state index in [1.807, 2.05) is 0 Å². The molecule has 31 valence electrons. The normalized spacial score (nSPS) is 8.67. The van der Waals surface area contributed by atoms with Crippen LogP contribution in [0.15, 0.2) is 0 Å². The van der Waals surface area contributed by atoms with E-state index >= 15 is 0 Å². The molecule has 1 radical (unpaired) electrons. The second-order valence-corrected chi connectivity index (χ2v) is 1.54. The molecule has 0 atom stereocenters. The molecule has 1 rings (SSSR count). The molecule has 0 amide bonds. The third-order valence-electron chi connectivity index (χ3n) is 0.340. The van der Waals surface area contributed by atoms with Crippen LogP contribution in [0.5, 0.6) is 0 Å². The van der Waals surface area contributed by atoms with Crippen LogP contribution in [0.1, 0.15) is 0 Å². The van der Waals surface area contributed by atoms with Gasteiger partial charge in [-0.15, -0.1) is 10.2 Å². The van der Waals surface area contributed by atoms with Crippen molar-refractivity contribution in [3.05, 3.63) is 5.51 Å². The number of nitrogens with two attached hydrogens (primary N) is 1. The predicted molar refractivity (Wildman–Crippen MR) is 23.2 cm³/mol. The van der Waals surface area contributed by atoms with Gasteiger partial charge in [0.15, 0.2) is 5.51 Å². The molecule has 1 heterocycles. The minimum absolute atomic E-state index is 0.468. The third kappa shape index (κ3) is 0.463. The minimum atomic E-state index is 0.468. The van der Waals surface area contributed by atoms with Crippen molar-refractivity contribution in [3.8, 4) is 0 Å². The summed E-state index contributed by atoms with van der Waals surface area (Å²) in [5.74, 6) is 0. The summed E-state index contributed by atoms with van der Waals surface area (Å²) in [5, 5.41) is 7.22. The maximum Gasteiger partial charge on any atom is 0.203 e. The summed E-state index contributed by atoms with van der Waals surface area (Å²) >= 11 is 1.21. The topological polar surface area (TPSA) is 51.8 Å². The number of rotatable bonds is 0. The van der Waals surface area contributed by atoms with Crippen molar-refractivity contribution in [3.63, 3.8) is 0 Å². The van der Waals surface area contributed by atoms with E-state index in [1.165, 1.54) is 11.3 Å². The number of hydrogen-bond donors (Lipinski definition) is 1. The number of aromatic nitrogens is 2. The smallest absolute Gasteiger partial charge is 0.203 e. The van der Waals surface area contributed by atoms with Gasteiger partial charge in [-0.2, -0.15) is 0 Å². The second-order valence-electron chi connectivity index (χ2n) is 0.732. The zero-order valence-electron chi connectivity index (χ0n) is 2.88. The first-order valence-corrected chi connectivity index (χ1v) is 2.16. The zero-order chi connectivity index (χ0) is 4.41. The maximum absolute atomic E-state index is 5.09. The summed E-state index contributed by atoms with van der Waals surface area (Å²) in [6, 6.07) is 0. The number of nitrogens with zero attached hydrogens (tertiary/aromatic N) is 2. The number of anilines is 1. The molecule has 0 aromatic carbocycles. The van der Waals surface area contributed by atoms with Crippen LogP contribution in [0, 0.1) is 5.51 Å². The van der Waals surface area contributed by atoms with Gasteiger partial charge >= 0.3 is 0 Å². The van der Waals surface area contributed by atoms with Gasteiger partial charge < -0.3 is 5.73 Å². The lowest BCUT2D eigenvalue weighted by Gasteiger charge is -1.64. The zero-order valence-corrected chi connectivity index (χ0v) is 3.70. The van der Waals surface area contributed by atoms with E-state index in [4.69, 9.17) is 5.73 Å². The molecule has 0 saturated heterocycles. The van der Waals surface area contributed by atoms with Gasteiger partial charge in [-0.25, -0.2) is 0 Å². The molecular formula is C2H2N3S. The van der Waals surface area contributed by atoms with Crippen molar-refractivity contribution in [1.29, 1.82) is 0 Å². The molecule has 6 heavy (non-hydrogen) atoms. The molecule has 0 aliphatic heterocycles. The molecule has 3 nitrogen and oxygen atoms in total. The van der Waals surface area contributed by atoms with E-state index in [0.29, 0.717) is 5.13 Å². The van der Waals surface area contributed by atoms with Crippen molar-refractivity contribution < 1.29 is 0 Å². The van der Waals surface area contributed by atoms with Crippen molar-refractivity contribution in [1.82, 2.24) is 10.2 Å². The summed E-state index contributed by atoms with van der Waals surface area (Å²) in [4.78, 5) is 0. The molecule has 0 fully saturated rings. The molecule has 0 bridgehead atoms. The first-order chi connectivity index (χ1) is 2.89. The van der Waals surface area contributed by atoms with Crippen molar-refractivity contribution in [2.24, 2.45) is 0 Å². The van der Waals surface area contributed by atoms with E-state index in [-0.39, 0.29) is 0 Å². The van der Waals surface area contributed by atoms with Gasteiger partial charge in [0, 0.05) is 0 Å². The fourth-order valence-electron chi connectivity index (χ4n) is 0.157. The lowest BCUT2D eigenvalue weighted by Crippen LogP contribution is -1.79. The van der Waals surface area contributed by atoms with Gasteiger partial charge in [0.25, 0.3) is 0 Å². The molecule has 1 aromatic rings. The third-order valence-corrected chi connectivity index (χ3v) is 0.803. The summed E-state index contributed by atoms with van der Waals surface area (Å²) < 4.78 is 0. The van der Waals surface area contributed by atoms with Gasteiger partial charge in [0.05, 0.1) is 0 Å². The summed E-state index contributed by atoms with van der Waals surface area (Å²) in [6.45, 7) is 0.